The number of hydrogen-bond acceptors (Lipinski definition) is 4. The number of aliphatic hydroxyl groups excluding tert-OH is 2. The molecular formula is C10H20O6. The molecule has 0 fully saturated rings. The summed E-state index contributed by atoms with van der Waals surface area (Å²) in [5.74, 6) is -2.15. The third-order valence-electron chi connectivity index (χ3n) is 1.72. The predicted molar refractivity (Wildman–Crippen MR) is 57.1 cm³/mol. The van der Waals surface area contributed by atoms with Crippen molar-refractivity contribution in [2.45, 2.75) is 45.1 Å². The largest absolute Gasteiger partial charge is 0.481 e. The van der Waals surface area contributed by atoms with Gasteiger partial charge in [0.25, 0.3) is 0 Å². The highest BCUT2D eigenvalue weighted by atomic mass is 16.4. The number of carboxylic acid groups (broad SMARTS) is 2. The van der Waals surface area contributed by atoms with Crippen LogP contribution in [0, 0.1) is 0 Å². The first-order valence-electron chi connectivity index (χ1n) is 5.16. The molecule has 0 aliphatic rings. The van der Waals surface area contributed by atoms with Gasteiger partial charge in [-0.05, 0) is 19.3 Å². The third kappa shape index (κ3) is 18.6. The average molecular weight is 236 g/mol. The highest BCUT2D eigenvalue weighted by Crippen LogP contribution is 1.98. The molecule has 0 aliphatic carbocycles. The van der Waals surface area contributed by atoms with Gasteiger partial charge in [0.05, 0.1) is 18.9 Å². The summed E-state index contributed by atoms with van der Waals surface area (Å²) in [7, 11) is 0. The summed E-state index contributed by atoms with van der Waals surface area (Å²) in [5, 5.41) is 33.0. The number of hydrogen-bond donors (Lipinski definition) is 4. The third-order valence-corrected chi connectivity index (χ3v) is 1.72. The van der Waals surface area contributed by atoms with Crippen LogP contribution in [0.1, 0.15) is 39.0 Å². The van der Waals surface area contributed by atoms with Gasteiger partial charge in [-0.25, -0.2) is 0 Å². The van der Waals surface area contributed by atoms with Crippen molar-refractivity contribution < 1.29 is 30.0 Å². The minimum absolute atomic E-state index is 0.192. The Bertz CT molecular complexity index is 178. The molecule has 0 spiro atoms. The summed E-state index contributed by atoms with van der Waals surface area (Å²) >= 11 is 0. The number of rotatable bonds is 7. The molecule has 0 aromatic heterocycles. The van der Waals surface area contributed by atoms with Crippen LogP contribution in [-0.4, -0.2) is 45.1 Å². The number of aliphatic carboxylic acids is 2. The molecule has 16 heavy (non-hydrogen) atoms. The zero-order valence-corrected chi connectivity index (χ0v) is 9.43. The molecule has 0 aromatic rings. The number of carboxylic acids is 2. The Morgan fingerprint density at radius 3 is 1.81 bits per heavy atom. The molecule has 0 amide bonds. The quantitative estimate of drug-likeness (QED) is 0.510. The van der Waals surface area contributed by atoms with E-state index >= 15 is 0 Å². The van der Waals surface area contributed by atoms with Crippen molar-refractivity contribution in [2.75, 3.05) is 6.61 Å². The first kappa shape index (κ1) is 17.3. The Morgan fingerprint density at radius 2 is 1.56 bits per heavy atom. The molecule has 0 saturated heterocycles. The van der Waals surface area contributed by atoms with E-state index in [1.807, 2.05) is 6.92 Å². The number of aliphatic hydroxyl groups is 2. The first-order chi connectivity index (χ1) is 7.43. The smallest absolute Gasteiger partial charge is 0.303 e. The van der Waals surface area contributed by atoms with Crippen LogP contribution in [0.25, 0.3) is 0 Å². The maximum atomic E-state index is 9.64. The molecule has 0 radical (unpaired) electrons. The maximum absolute atomic E-state index is 9.64. The molecule has 1 unspecified atom stereocenters. The van der Waals surface area contributed by atoms with Crippen molar-refractivity contribution in [2.24, 2.45) is 0 Å². The standard InChI is InChI=1S/C6H14O2.C4H6O4/c1-2-6(8)4-3-5-7;5-3(6)1-2-4(7)8/h6-8H,2-5H2,1H3;1-2H2,(H,5,6)(H,7,8). The average Bonchev–Trinajstić information content (AvgIpc) is 2.23. The normalized spacial score (nSPS) is 11.2. The van der Waals surface area contributed by atoms with Gasteiger partial charge in [0.1, 0.15) is 0 Å². The second kappa shape index (κ2) is 11.9. The van der Waals surface area contributed by atoms with Crippen LogP contribution in [0.2, 0.25) is 0 Å². The van der Waals surface area contributed by atoms with Gasteiger partial charge in [0.2, 0.25) is 0 Å². The molecule has 96 valence electrons. The molecule has 4 N–H and O–H groups in total. The molecule has 0 rings (SSSR count). The van der Waals surface area contributed by atoms with Crippen LogP contribution >= 0.6 is 0 Å². The maximum Gasteiger partial charge on any atom is 0.303 e. The Kier molecular flexibility index (Phi) is 12.9. The highest BCUT2D eigenvalue weighted by molar-refractivity contribution is 5.75. The summed E-state index contributed by atoms with van der Waals surface area (Å²) in [5.41, 5.74) is 0. The number of carbonyl (C=O) groups is 2. The van der Waals surface area contributed by atoms with Crippen molar-refractivity contribution in [1.82, 2.24) is 0 Å². The molecule has 0 aromatic carbocycles. The van der Waals surface area contributed by atoms with E-state index in [0.29, 0.717) is 0 Å². The zero-order chi connectivity index (χ0) is 13.0. The van der Waals surface area contributed by atoms with Crippen molar-refractivity contribution in [3.63, 3.8) is 0 Å². The Morgan fingerprint density at radius 1 is 1.12 bits per heavy atom. The van der Waals surface area contributed by atoms with Gasteiger partial charge in [0.15, 0.2) is 0 Å². The van der Waals surface area contributed by atoms with Gasteiger partial charge in [-0.3, -0.25) is 9.59 Å². The van der Waals surface area contributed by atoms with E-state index in [0.717, 1.165) is 19.3 Å². The van der Waals surface area contributed by atoms with Crippen molar-refractivity contribution in [3.8, 4) is 0 Å². The van der Waals surface area contributed by atoms with Gasteiger partial charge in [-0.1, -0.05) is 6.92 Å². The topological polar surface area (TPSA) is 115 Å². The van der Waals surface area contributed by atoms with Crippen LogP contribution in [0.3, 0.4) is 0 Å². The Balaban J connectivity index is 0. The molecule has 0 heterocycles. The molecule has 0 saturated carbocycles. The van der Waals surface area contributed by atoms with E-state index in [2.05, 4.69) is 0 Å². The van der Waals surface area contributed by atoms with E-state index in [1.165, 1.54) is 0 Å². The van der Waals surface area contributed by atoms with Gasteiger partial charge in [-0.2, -0.15) is 0 Å². The van der Waals surface area contributed by atoms with Gasteiger partial charge in [-0.15, -0.1) is 0 Å². The minimum Gasteiger partial charge on any atom is -0.481 e. The lowest BCUT2D eigenvalue weighted by Gasteiger charge is -2.03. The monoisotopic (exact) mass is 236 g/mol. The lowest BCUT2D eigenvalue weighted by molar-refractivity contribution is -0.143. The summed E-state index contributed by atoms with van der Waals surface area (Å²) in [6.07, 6.45) is 1.44. The zero-order valence-electron chi connectivity index (χ0n) is 9.43. The van der Waals surface area contributed by atoms with E-state index in [4.69, 9.17) is 20.4 Å². The van der Waals surface area contributed by atoms with Crippen molar-refractivity contribution >= 4 is 11.9 Å². The van der Waals surface area contributed by atoms with E-state index in [-0.39, 0.29) is 25.6 Å². The molecular weight excluding hydrogens is 216 g/mol. The summed E-state index contributed by atoms with van der Waals surface area (Å²) < 4.78 is 0. The van der Waals surface area contributed by atoms with Gasteiger partial charge in [0, 0.05) is 6.61 Å². The van der Waals surface area contributed by atoms with E-state index in [1.54, 1.807) is 0 Å². The van der Waals surface area contributed by atoms with Crippen LogP contribution in [0.15, 0.2) is 0 Å². The Labute approximate surface area is 94.5 Å². The van der Waals surface area contributed by atoms with Crippen LogP contribution < -0.4 is 0 Å². The SMILES string of the molecule is CCC(O)CCCO.O=C(O)CCC(=O)O. The van der Waals surface area contributed by atoms with Crippen LogP contribution in [-0.2, 0) is 9.59 Å². The first-order valence-corrected chi connectivity index (χ1v) is 5.16. The van der Waals surface area contributed by atoms with E-state index in [9.17, 15) is 9.59 Å². The summed E-state index contributed by atoms with van der Waals surface area (Å²) in [6, 6.07) is 0. The lowest BCUT2D eigenvalue weighted by Crippen LogP contribution is -2.04. The summed E-state index contributed by atoms with van der Waals surface area (Å²) in [6.45, 7) is 2.12. The predicted octanol–water partition coefficient (Wildman–Crippen LogP) is 0.466. The molecule has 1 atom stereocenters. The molecule has 6 heteroatoms. The molecule has 0 aliphatic heterocycles. The fraction of sp³-hybridized carbons (Fsp3) is 0.800. The highest BCUT2D eigenvalue weighted by Gasteiger charge is 2.00. The van der Waals surface area contributed by atoms with Crippen molar-refractivity contribution in [3.05, 3.63) is 0 Å². The van der Waals surface area contributed by atoms with E-state index < -0.39 is 11.9 Å². The van der Waals surface area contributed by atoms with Crippen molar-refractivity contribution in [1.29, 1.82) is 0 Å². The fourth-order valence-electron chi connectivity index (χ4n) is 0.745. The molecule has 6 nitrogen and oxygen atoms in total. The second-order valence-electron chi connectivity index (χ2n) is 3.22. The summed E-state index contributed by atoms with van der Waals surface area (Å²) in [4.78, 5) is 19.3. The van der Waals surface area contributed by atoms with Gasteiger partial charge >= 0.3 is 11.9 Å². The fourth-order valence-corrected chi connectivity index (χ4v) is 0.745. The minimum atomic E-state index is -1.08. The van der Waals surface area contributed by atoms with Gasteiger partial charge < -0.3 is 20.4 Å². The van der Waals surface area contributed by atoms with Crippen LogP contribution in [0.4, 0.5) is 0 Å². The Hall–Kier alpha value is -1.14. The lowest BCUT2D eigenvalue weighted by atomic mass is 10.2. The second-order valence-corrected chi connectivity index (χ2v) is 3.22. The molecule has 0 bridgehead atoms. The van der Waals surface area contributed by atoms with Crippen LogP contribution in [0.5, 0.6) is 0 Å².